The Morgan fingerprint density at radius 2 is 1.72 bits per heavy atom. The van der Waals surface area contributed by atoms with Crippen LogP contribution in [0.4, 0.5) is 16.2 Å². The molecule has 0 atom stereocenters. The first kappa shape index (κ1) is 18.9. The molecule has 4 rings (SSSR count). The monoisotopic (exact) mass is 389 g/mol. The van der Waals surface area contributed by atoms with Crippen molar-refractivity contribution in [1.82, 2.24) is 15.0 Å². The molecule has 0 spiro atoms. The number of nitrogens with one attached hydrogen (secondary N) is 3. The molecule has 2 aromatic carbocycles. The van der Waals surface area contributed by atoms with Gasteiger partial charge < -0.3 is 15.6 Å². The Bertz CT molecular complexity index is 1090. The van der Waals surface area contributed by atoms with Gasteiger partial charge in [0.05, 0.1) is 0 Å². The number of halogens is 1. The molecule has 5 nitrogen and oxygen atoms in total. The van der Waals surface area contributed by atoms with Gasteiger partial charge in [0.1, 0.15) is 11.6 Å². The van der Waals surface area contributed by atoms with Crippen LogP contribution in [0.25, 0.3) is 10.9 Å². The number of rotatable bonds is 8. The van der Waals surface area contributed by atoms with Gasteiger partial charge in [-0.2, -0.15) is 4.98 Å². The summed E-state index contributed by atoms with van der Waals surface area (Å²) in [4.78, 5) is 12.3. The zero-order chi connectivity index (χ0) is 20.1. The number of aryl methyl sites for hydroxylation is 1. The van der Waals surface area contributed by atoms with Crippen molar-refractivity contribution in [2.45, 2.75) is 19.8 Å². The summed E-state index contributed by atoms with van der Waals surface area (Å²) in [5.74, 6) is 1.19. The quantitative estimate of drug-likeness (QED) is 0.408. The van der Waals surface area contributed by atoms with Crippen molar-refractivity contribution >= 4 is 22.7 Å². The van der Waals surface area contributed by atoms with Gasteiger partial charge in [0.15, 0.2) is 0 Å². The van der Waals surface area contributed by atoms with Gasteiger partial charge in [-0.1, -0.05) is 30.3 Å². The third kappa shape index (κ3) is 4.90. The van der Waals surface area contributed by atoms with Gasteiger partial charge in [-0.05, 0) is 49.1 Å². The topological polar surface area (TPSA) is 65.6 Å². The Morgan fingerprint density at radius 1 is 0.931 bits per heavy atom. The lowest BCUT2D eigenvalue weighted by atomic mass is 10.1. The highest BCUT2D eigenvalue weighted by Crippen LogP contribution is 2.18. The van der Waals surface area contributed by atoms with E-state index in [9.17, 15) is 4.39 Å². The molecule has 29 heavy (non-hydrogen) atoms. The first-order valence-corrected chi connectivity index (χ1v) is 9.80. The minimum Gasteiger partial charge on any atom is -0.370 e. The first-order chi connectivity index (χ1) is 14.2. The van der Waals surface area contributed by atoms with Gasteiger partial charge in [0.2, 0.25) is 5.95 Å². The van der Waals surface area contributed by atoms with Gasteiger partial charge in [-0.3, -0.25) is 0 Å². The molecular formula is C23H24FN5. The molecule has 0 aliphatic heterocycles. The predicted octanol–water partition coefficient (Wildman–Crippen LogP) is 4.71. The summed E-state index contributed by atoms with van der Waals surface area (Å²) in [6.07, 6.45) is 3.75. The Balaban J connectivity index is 1.32. The highest BCUT2D eigenvalue weighted by atomic mass is 19.1. The Kier molecular flexibility index (Phi) is 5.70. The minimum absolute atomic E-state index is 0.216. The third-order valence-corrected chi connectivity index (χ3v) is 4.84. The summed E-state index contributed by atoms with van der Waals surface area (Å²) in [5.41, 5.74) is 4.42. The van der Waals surface area contributed by atoms with Crippen LogP contribution in [0.5, 0.6) is 0 Å². The normalized spacial score (nSPS) is 11.0. The maximum absolute atomic E-state index is 13.0. The van der Waals surface area contributed by atoms with Crippen molar-refractivity contribution in [3.8, 4) is 0 Å². The molecule has 0 aliphatic rings. The Morgan fingerprint density at radius 3 is 2.59 bits per heavy atom. The van der Waals surface area contributed by atoms with E-state index in [0.717, 1.165) is 42.0 Å². The largest absolute Gasteiger partial charge is 0.370 e. The van der Waals surface area contributed by atoms with E-state index < -0.39 is 0 Å². The van der Waals surface area contributed by atoms with Crippen LogP contribution in [0, 0.1) is 12.7 Å². The number of aromatic amines is 1. The Labute approximate surface area is 169 Å². The lowest BCUT2D eigenvalue weighted by molar-refractivity contribution is 0.627. The summed E-state index contributed by atoms with van der Waals surface area (Å²) in [5, 5.41) is 7.91. The molecule has 0 amide bonds. The second-order valence-electron chi connectivity index (χ2n) is 7.06. The van der Waals surface area contributed by atoms with E-state index in [1.807, 2.05) is 19.1 Å². The molecule has 2 heterocycles. The fourth-order valence-electron chi connectivity index (χ4n) is 3.37. The lowest BCUT2D eigenvalue weighted by Gasteiger charge is -2.10. The van der Waals surface area contributed by atoms with E-state index in [4.69, 9.17) is 0 Å². The van der Waals surface area contributed by atoms with Crippen LogP contribution in [-0.4, -0.2) is 28.0 Å². The minimum atomic E-state index is -0.216. The van der Waals surface area contributed by atoms with E-state index in [1.165, 1.54) is 23.1 Å². The van der Waals surface area contributed by atoms with E-state index >= 15 is 0 Å². The van der Waals surface area contributed by atoms with Crippen LogP contribution in [0.15, 0.2) is 60.8 Å². The van der Waals surface area contributed by atoms with Gasteiger partial charge in [-0.25, -0.2) is 9.37 Å². The molecule has 4 aromatic rings. The van der Waals surface area contributed by atoms with E-state index in [-0.39, 0.29) is 5.82 Å². The number of fused-ring (bicyclic) bond motifs is 1. The van der Waals surface area contributed by atoms with Crippen molar-refractivity contribution in [2.24, 2.45) is 0 Å². The molecule has 0 radical (unpaired) electrons. The second kappa shape index (κ2) is 8.73. The molecule has 3 N–H and O–H groups in total. The molecule has 0 saturated heterocycles. The molecule has 148 valence electrons. The summed E-state index contributed by atoms with van der Waals surface area (Å²) in [7, 11) is 0. The van der Waals surface area contributed by atoms with Crippen molar-refractivity contribution in [1.29, 1.82) is 0 Å². The second-order valence-corrected chi connectivity index (χ2v) is 7.06. The fourth-order valence-corrected chi connectivity index (χ4v) is 3.37. The zero-order valence-corrected chi connectivity index (χ0v) is 16.4. The molecule has 6 heteroatoms. The van der Waals surface area contributed by atoms with Crippen molar-refractivity contribution in [2.75, 3.05) is 23.7 Å². The smallest absolute Gasteiger partial charge is 0.224 e. The average molecular weight is 389 g/mol. The van der Waals surface area contributed by atoms with Gasteiger partial charge in [0.25, 0.3) is 0 Å². The van der Waals surface area contributed by atoms with Crippen LogP contribution in [0.2, 0.25) is 0 Å². The van der Waals surface area contributed by atoms with Crippen molar-refractivity contribution in [3.05, 3.63) is 83.4 Å². The van der Waals surface area contributed by atoms with Crippen molar-refractivity contribution in [3.63, 3.8) is 0 Å². The maximum Gasteiger partial charge on any atom is 0.224 e. The number of hydrogen-bond acceptors (Lipinski definition) is 4. The number of anilines is 2. The lowest BCUT2D eigenvalue weighted by Crippen LogP contribution is -2.11. The number of hydrogen-bond donors (Lipinski definition) is 3. The molecule has 0 aliphatic carbocycles. The molecule has 0 saturated carbocycles. The molecule has 2 aromatic heterocycles. The van der Waals surface area contributed by atoms with Gasteiger partial charge in [0, 0.05) is 41.9 Å². The summed E-state index contributed by atoms with van der Waals surface area (Å²) >= 11 is 0. The maximum atomic E-state index is 13.0. The van der Waals surface area contributed by atoms with Crippen LogP contribution in [0.3, 0.4) is 0 Å². The third-order valence-electron chi connectivity index (χ3n) is 4.84. The average Bonchev–Trinajstić information content (AvgIpc) is 3.12. The predicted molar refractivity (Wildman–Crippen MR) is 116 cm³/mol. The molecule has 0 unspecified atom stereocenters. The van der Waals surface area contributed by atoms with Gasteiger partial charge in [-0.15, -0.1) is 0 Å². The highest BCUT2D eigenvalue weighted by Gasteiger charge is 2.05. The highest BCUT2D eigenvalue weighted by molar-refractivity contribution is 5.83. The number of H-pyrrole nitrogens is 1. The fraction of sp³-hybridized carbons (Fsp3) is 0.217. The number of benzene rings is 2. The van der Waals surface area contributed by atoms with Crippen LogP contribution < -0.4 is 10.6 Å². The van der Waals surface area contributed by atoms with Gasteiger partial charge >= 0.3 is 0 Å². The number of nitrogens with zero attached hydrogens (tertiary/aromatic N) is 2. The van der Waals surface area contributed by atoms with Crippen LogP contribution in [-0.2, 0) is 12.8 Å². The summed E-state index contributed by atoms with van der Waals surface area (Å²) in [6.45, 7) is 3.43. The standard InChI is InChI=1S/C23H24FN5/c1-16-14-22(25-13-11-18-15-27-21-5-3-2-4-20(18)21)29-23(28-16)26-12-10-17-6-8-19(24)9-7-17/h2-9,14-15,27H,10-13H2,1H3,(H2,25,26,28,29). The van der Waals surface area contributed by atoms with Crippen LogP contribution >= 0.6 is 0 Å². The summed E-state index contributed by atoms with van der Waals surface area (Å²) < 4.78 is 13.0. The number of aromatic nitrogens is 3. The van der Waals surface area contributed by atoms with E-state index in [2.05, 4.69) is 50.0 Å². The Hall–Kier alpha value is -3.41. The van der Waals surface area contributed by atoms with Crippen molar-refractivity contribution < 1.29 is 4.39 Å². The first-order valence-electron chi connectivity index (χ1n) is 9.80. The summed E-state index contributed by atoms with van der Waals surface area (Å²) in [6, 6.07) is 16.8. The number of para-hydroxylation sites is 1. The van der Waals surface area contributed by atoms with Crippen LogP contribution in [0.1, 0.15) is 16.8 Å². The van der Waals surface area contributed by atoms with E-state index in [1.54, 1.807) is 12.1 Å². The molecule has 0 bridgehead atoms. The molecule has 0 fully saturated rings. The zero-order valence-electron chi connectivity index (χ0n) is 16.4. The van der Waals surface area contributed by atoms with E-state index in [0.29, 0.717) is 12.5 Å². The molecular weight excluding hydrogens is 365 g/mol. The SMILES string of the molecule is Cc1cc(NCCc2c[nH]c3ccccc23)nc(NCCc2ccc(F)cc2)n1.